The van der Waals surface area contributed by atoms with E-state index in [1.54, 1.807) is 24.3 Å². The van der Waals surface area contributed by atoms with Crippen molar-refractivity contribution in [2.75, 3.05) is 18.8 Å². The van der Waals surface area contributed by atoms with E-state index >= 15 is 0 Å². The molecule has 0 radical (unpaired) electrons. The average Bonchev–Trinajstić information content (AvgIpc) is 3.18. The number of carbonyl (C=O) groups is 2. The van der Waals surface area contributed by atoms with Crippen molar-refractivity contribution in [2.45, 2.75) is 13.3 Å². The first-order chi connectivity index (χ1) is 14.0. The summed E-state index contributed by atoms with van der Waals surface area (Å²) < 4.78 is 16.1. The predicted molar refractivity (Wildman–Crippen MR) is 111 cm³/mol. The second-order valence-corrected chi connectivity index (χ2v) is 6.81. The highest BCUT2D eigenvalue weighted by molar-refractivity contribution is 7.80. The van der Waals surface area contributed by atoms with Gasteiger partial charge < -0.3 is 14.2 Å². The van der Waals surface area contributed by atoms with Crippen LogP contribution in [-0.4, -0.2) is 30.8 Å². The smallest absolute Gasteiger partial charge is 0.270 e. The lowest BCUT2D eigenvalue weighted by molar-refractivity contribution is -0.122. The van der Waals surface area contributed by atoms with E-state index < -0.39 is 11.8 Å². The quantitative estimate of drug-likeness (QED) is 0.475. The summed E-state index contributed by atoms with van der Waals surface area (Å²) in [4.78, 5) is 27.0. The Balaban J connectivity index is 1.74. The number of thiocarbonyl (C=S) groups is 1. The molecule has 0 atom stereocenters. The van der Waals surface area contributed by atoms with Crippen molar-refractivity contribution in [1.82, 2.24) is 5.32 Å². The number of ether oxygens (including phenoxy) is 3. The highest BCUT2D eigenvalue weighted by Gasteiger charge is 2.35. The summed E-state index contributed by atoms with van der Waals surface area (Å²) in [6.45, 7) is 2.15. The van der Waals surface area contributed by atoms with E-state index in [1.807, 2.05) is 19.1 Å². The van der Waals surface area contributed by atoms with Crippen molar-refractivity contribution < 1.29 is 23.8 Å². The van der Waals surface area contributed by atoms with Crippen LogP contribution in [0, 0.1) is 0 Å². The first-order valence-corrected chi connectivity index (χ1v) is 9.40. The van der Waals surface area contributed by atoms with Gasteiger partial charge >= 0.3 is 0 Å². The van der Waals surface area contributed by atoms with Gasteiger partial charge in [0, 0.05) is 11.6 Å². The molecule has 0 saturated carbocycles. The monoisotopic (exact) mass is 410 g/mol. The number of methoxy groups -OCH3 is 1. The van der Waals surface area contributed by atoms with E-state index in [9.17, 15) is 9.59 Å². The molecule has 2 heterocycles. The van der Waals surface area contributed by atoms with Crippen LogP contribution >= 0.6 is 12.2 Å². The summed E-state index contributed by atoms with van der Waals surface area (Å²) in [6, 6.07) is 10.8. The summed E-state index contributed by atoms with van der Waals surface area (Å²) in [5.74, 6) is 0.435. The van der Waals surface area contributed by atoms with Crippen LogP contribution in [0.2, 0.25) is 0 Å². The molecule has 148 valence electrons. The molecule has 2 aromatic rings. The molecule has 4 rings (SSSR count). The van der Waals surface area contributed by atoms with Crippen LogP contribution in [0.5, 0.6) is 17.2 Å². The highest BCUT2D eigenvalue weighted by atomic mass is 32.1. The number of amides is 2. The lowest BCUT2D eigenvalue weighted by Crippen LogP contribution is -2.54. The van der Waals surface area contributed by atoms with Gasteiger partial charge in [0.25, 0.3) is 11.8 Å². The van der Waals surface area contributed by atoms with Gasteiger partial charge in [-0.1, -0.05) is 19.1 Å². The molecule has 2 aliphatic rings. The molecule has 0 aliphatic carbocycles. The number of fused-ring (bicyclic) bond motifs is 1. The van der Waals surface area contributed by atoms with Gasteiger partial charge in [-0.25, -0.2) is 0 Å². The van der Waals surface area contributed by atoms with E-state index in [-0.39, 0.29) is 17.5 Å². The van der Waals surface area contributed by atoms with E-state index in [4.69, 9.17) is 26.4 Å². The summed E-state index contributed by atoms with van der Waals surface area (Å²) >= 11 is 5.24. The summed E-state index contributed by atoms with van der Waals surface area (Å²) in [6.07, 6.45) is 2.35. The van der Waals surface area contributed by atoms with Crippen molar-refractivity contribution in [3.8, 4) is 17.2 Å². The zero-order valence-corrected chi connectivity index (χ0v) is 16.7. The zero-order chi connectivity index (χ0) is 20.5. The Morgan fingerprint density at radius 2 is 1.86 bits per heavy atom. The van der Waals surface area contributed by atoms with Crippen LogP contribution in [-0.2, 0) is 16.0 Å². The Bertz CT molecular complexity index is 1050. The fourth-order valence-corrected chi connectivity index (χ4v) is 3.44. The lowest BCUT2D eigenvalue weighted by Gasteiger charge is -2.29. The van der Waals surface area contributed by atoms with Crippen LogP contribution in [0.15, 0.2) is 42.0 Å². The van der Waals surface area contributed by atoms with E-state index in [0.717, 1.165) is 12.0 Å². The molecule has 29 heavy (non-hydrogen) atoms. The van der Waals surface area contributed by atoms with Crippen molar-refractivity contribution in [2.24, 2.45) is 0 Å². The van der Waals surface area contributed by atoms with Gasteiger partial charge in [0.1, 0.15) is 11.3 Å². The molecular formula is C21H18N2O5S. The third kappa shape index (κ3) is 3.42. The maximum Gasteiger partial charge on any atom is 0.270 e. The van der Waals surface area contributed by atoms with Crippen molar-refractivity contribution in [3.63, 3.8) is 0 Å². The Morgan fingerprint density at radius 1 is 1.17 bits per heavy atom. The number of hydrogen-bond acceptors (Lipinski definition) is 6. The van der Waals surface area contributed by atoms with Crippen molar-refractivity contribution in [1.29, 1.82) is 0 Å². The van der Waals surface area contributed by atoms with Crippen molar-refractivity contribution in [3.05, 3.63) is 53.1 Å². The fraction of sp³-hybridized carbons (Fsp3) is 0.190. The third-order valence-electron chi connectivity index (χ3n) is 4.73. The first kappa shape index (κ1) is 18.9. The van der Waals surface area contributed by atoms with Crippen LogP contribution in [0.3, 0.4) is 0 Å². The van der Waals surface area contributed by atoms with Gasteiger partial charge in [-0.2, -0.15) is 0 Å². The summed E-state index contributed by atoms with van der Waals surface area (Å²) in [5, 5.41) is 2.62. The Labute approximate surface area is 172 Å². The number of benzene rings is 2. The first-order valence-electron chi connectivity index (χ1n) is 9.00. The average molecular weight is 410 g/mol. The Morgan fingerprint density at radius 3 is 2.52 bits per heavy atom. The number of nitrogens with one attached hydrogen (secondary N) is 1. The van der Waals surface area contributed by atoms with Gasteiger partial charge in [-0.3, -0.25) is 19.8 Å². The van der Waals surface area contributed by atoms with Gasteiger partial charge in [0.05, 0.1) is 12.8 Å². The number of rotatable bonds is 4. The normalized spacial score (nSPS) is 17.0. The molecule has 0 bridgehead atoms. The number of hydrogen-bond donors (Lipinski definition) is 1. The van der Waals surface area contributed by atoms with Gasteiger partial charge in [-0.15, -0.1) is 0 Å². The van der Waals surface area contributed by atoms with Gasteiger partial charge in [0.15, 0.2) is 16.6 Å². The second-order valence-electron chi connectivity index (χ2n) is 6.43. The third-order valence-corrected chi connectivity index (χ3v) is 5.01. The van der Waals surface area contributed by atoms with Crippen LogP contribution < -0.4 is 24.4 Å². The molecule has 1 saturated heterocycles. The Hall–Kier alpha value is -3.39. The topological polar surface area (TPSA) is 77.1 Å². The molecule has 2 amide bonds. The molecule has 8 heteroatoms. The standard InChI is InChI=1S/C21H18N2O5S/c1-3-12-4-6-14(7-5-12)23-20(25)15(19(24)22-21(23)29)8-13-9-17-18(28-11-27-17)10-16(13)26-2/h4-10H,3,11H2,1-2H3,(H,22,24,29)/b15-8-. The minimum atomic E-state index is -0.568. The maximum absolute atomic E-state index is 13.2. The summed E-state index contributed by atoms with van der Waals surface area (Å²) in [5.41, 5.74) is 2.18. The van der Waals surface area contributed by atoms with Gasteiger partial charge in [-0.05, 0) is 48.5 Å². The minimum Gasteiger partial charge on any atom is -0.496 e. The summed E-state index contributed by atoms with van der Waals surface area (Å²) in [7, 11) is 1.50. The Kier molecular flexibility index (Phi) is 4.94. The molecule has 0 unspecified atom stereocenters. The van der Waals surface area contributed by atoms with E-state index in [0.29, 0.717) is 28.5 Å². The van der Waals surface area contributed by atoms with Gasteiger partial charge in [0.2, 0.25) is 6.79 Å². The van der Waals surface area contributed by atoms with Crippen LogP contribution in [0.4, 0.5) is 5.69 Å². The molecule has 2 aromatic carbocycles. The number of aryl methyl sites for hydroxylation is 1. The van der Waals surface area contributed by atoms with E-state index in [2.05, 4.69) is 5.32 Å². The molecule has 1 N–H and O–H groups in total. The number of nitrogens with zero attached hydrogens (tertiary/aromatic N) is 1. The highest BCUT2D eigenvalue weighted by Crippen LogP contribution is 2.39. The fourth-order valence-electron chi connectivity index (χ4n) is 3.16. The maximum atomic E-state index is 13.2. The lowest BCUT2D eigenvalue weighted by atomic mass is 10.0. The van der Waals surface area contributed by atoms with Crippen LogP contribution in [0.1, 0.15) is 18.1 Å². The molecule has 0 aromatic heterocycles. The molecule has 0 spiro atoms. The van der Waals surface area contributed by atoms with E-state index in [1.165, 1.54) is 18.1 Å². The molecule has 7 nitrogen and oxygen atoms in total. The predicted octanol–water partition coefficient (Wildman–Crippen LogP) is 2.82. The molecular weight excluding hydrogens is 392 g/mol. The van der Waals surface area contributed by atoms with Crippen LogP contribution in [0.25, 0.3) is 6.08 Å². The second kappa shape index (κ2) is 7.56. The largest absolute Gasteiger partial charge is 0.496 e. The molecule has 2 aliphatic heterocycles. The zero-order valence-electron chi connectivity index (χ0n) is 15.9. The minimum absolute atomic E-state index is 0.0408. The number of anilines is 1. The van der Waals surface area contributed by atoms with Crippen molar-refractivity contribution >= 4 is 40.9 Å². The molecule has 1 fully saturated rings. The SMILES string of the molecule is CCc1ccc(N2C(=O)/C(=C\c3cc4c(cc3OC)OCO4)C(=O)NC2=S)cc1. The number of carbonyl (C=O) groups excluding carboxylic acids is 2.